The second kappa shape index (κ2) is 12.0. The Morgan fingerprint density at radius 3 is 2.47 bits per heavy atom. The molecule has 4 atom stereocenters. The lowest BCUT2D eigenvalue weighted by molar-refractivity contribution is -0.141. The van der Waals surface area contributed by atoms with E-state index in [1.165, 1.54) is 19.4 Å². The van der Waals surface area contributed by atoms with E-state index in [9.17, 15) is 29.4 Å². The van der Waals surface area contributed by atoms with Crippen LogP contribution in [0.3, 0.4) is 0 Å². The van der Waals surface area contributed by atoms with E-state index >= 15 is 0 Å². The minimum Gasteiger partial charge on any atom is -0.480 e. The van der Waals surface area contributed by atoms with Crippen molar-refractivity contribution >= 4 is 34.6 Å². The van der Waals surface area contributed by atoms with Crippen LogP contribution in [0.15, 0.2) is 43.0 Å². The summed E-state index contributed by atoms with van der Waals surface area (Å²) in [4.78, 5) is 59.0. The molecule has 2 aromatic heterocycles. The maximum absolute atomic E-state index is 13.0. The number of para-hydroxylation sites is 1. The maximum Gasteiger partial charge on any atom is 0.326 e. The fourth-order valence-corrected chi connectivity index (χ4v) is 3.57. The van der Waals surface area contributed by atoms with Gasteiger partial charge in [0.15, 0.2) is 0 Å². The molecule has 3 amide bonds. The van der Waals surface area contributed by atoms with Crippen LogP contribution in [0.4, 0.5) is 0 Å². The first-order valence-electron chi connectivity index (χ1n) is 11.2. The van der Waals surface area contributed by atoms with Gasteiger partial charge in [-0.2, -0.15) is 0 Å². The molecule has 0 bridgehead atoms. The first-order valence-corrected chi connectivity index (χ1v) is 11.2. The number of aliphatic hydroxyl groups excluding tert-OH is 1. The molecule has 0 aliphatic rings. The average molecular weight is 500 g/mol. The van der Waals surface area contributed by atoms with E-state index < -0.39 is 54.5 Å². The van der Waals surface area contributed by atoms with Crippen molar-refractivity contribution in [2.75, 3.05) is 6.54 Å². The number of benzene rings is 1. The largest absolute Gasteiger partial charge is 0.480 e. The SMILES string of the molecule is CC(O)C(N)C(=O)NC(Cc1c[nH]c2ccccc12)C(=O)NCC(=O)NC(Cc1cnc[nH]1)C(=O)O. The number of carbonyl (C=O) groups excluding carboxylic acids is 3. The number of amides is 3. The number of rotatable bonds is 12. The molecule has 13 nitrogen and oxygen atoms in total. The van der Waals surface area contributed by atoms with Gasteiger partial charge in [0, 0.05) is 41.8 Å². The lowest BCUT2D eigenvalue weighted by atomic mass is 10.0. The molecule has 36 heavy (non-hydrogen) atoms. The van der Waals surface area contributed by atoms with Gasteiger partial charge in [-0.15, -0.1) is 0 Å². The Labute approximate surface area is 205 Å². The van der Waals surface area contributed by atoms with Crippen molar-refractivity contribution in [3.63, 3.8) is 0 Å². The number of carboxylic acid groups (broad SMARTS) is 1. The number of hydrogen-bond donors (Lipinski definition) is 8. The number of aromatic amines is 2. The molecule has 0 saturated heterocycles. The van der Waals surface area contributed by atoms with Gasteiger partial charge < -0.3 is 41.9 Å². The van der Waals surface area contributed by atoms with Gasteiger partial charge in [-0.05, 0) is 18.6 Å². The number of hydrogen-bond acceptors (Lipinski definition) is 7. The third kappa shape index (κ3) is 6.90. The molecule has 2 heterocycles. The summed E-state index contributed by atoms with van der Waals surface area (Å²) in [6.45, 7) is 0.833. The number of nitrogens with one attached hydrogen (secondary N) is 5. The quantitative estimate of drug-likeness (QED) is 0.147. The maximum atomic E-state index is 13.0. The number of imidazole rings is 1. The fraction of sp³-hybridized carbons (Fsp3) is 0.348. The monoisotopic (exact) mass is 499 g/mol. The molecule has 0 spiro atoms. The summed E-state index contributed by atoms with van der Waals surface area (Å²) in [6, 6.07) is 3.80. The van der Waals surface area contributed by atoms with E-state index in [0.717, 1.165) is 16.5 Å². The van der Waals surface area contributed by atoms with Gasteiger partial charge in [0.2, 0.25) is 17.7 Å². The topological polar surface area (TPSA) is 215 Å². The Balaban J connectivity index is 1.67. The van der Waals surface area contributed by atoms with Crippen LogP contribution in [-0.2, 0) is 32.0 Å². The molecule has 4 unspecified atom stereocenters. The Hall–Kier alpha value is -4.23. The third-order valence-electron chi connectivity index (χ3n) is 5.59. The van der Waals surface area contributed by atoms with Crippen molar-refractivity contribution in [2.24, 2.45) is 5.73 Å². The predicted molar refractivity (Wildman–Crippen MR) is 128 cm³/mol. The first-order chi connectivity index (χ1) is 17.2. The standard InChI is InChI=1S/C23H29N7O6/c1-12(31)20(24)22(34)30-17(6-13-8-26-16-5-3-2-4-15(13)16)21(33)27-10-19(32)29-18(23(35)36)7-14-9-25-11-28-14/h2-5,8-9,11-12,17-18,20,26,31H,6-7,10,24H2,1H3,(H,25,28)(H,27,33)(H,29,32)(H,30,34)(H,35,36). The van der Waals surface area contributed by atoms with Crippen LogP contribution in [0.5, 0.6) is 0 Å². The van der Waals surface area contributed by atoms with Crippen LogP contribution in [0, 0.1) is 0 Å². The van der Waals surface area contributed by atoms with Crippen LogP contribution in [-0.4, -0.2) is 79.6 Å². The van der Waals surface area contributed by atoms with Crippen molar-refractivity contribution < 1.29 is 29.4 Å². The molecule has 0 saturated carbocycles. The lowest BCUT2D eigenvalue weighted by Gasteiger charge is -2.22. The molecule has 0 radical (unpaired) electrons. The van der Waals surface area contributed by atoms with Gasteiger partial charge in [0.25, 0.3) is 0 Å². The molecular weight excluding hydrogens is 470 g/mol. The summed E-state index contributed by atoms with van der Waals surface area (Å²) in [6.07, 6.45) is 3.46. The zero-order valence-corrected chi connectivity index (χ0v) is 19.5. The van der Waals surface area contributed by atoms with E-state index in [1.54, 1.807) is 6.20 Å². The minimum absolute atomic E-state index is 0.0223. The number of fused-ring (bicyclic) bond motifs is 1. The summed E-state index contributed by atoms with van der Waals surface area (Å²) < 4.78 is 0. The molecular formula is C23H29N7O6. The number of aromatic nitrogens is 3. The van der Waals surface area contributed by atoms with Crippen molar-refractivity contribution in [3.8, 4) is 0 Å². The van der Waals surface area contributed by atoms with Crippen molar-refractivity contribution in [1.29, 1.82) is 0 Å². The van der Waals surface area contributed by atoms with Crippen LogP contribution < -0.4 is 21.7 Å². The van der Waals surface area contributed by atoms with Crippen molar-refractivity contribution in [2.45, 2.75) is 44.0 Å². The smallest absolute Gasteiger partial charge is 0.326 e. The van der Waals surface area contributed by atoms with E-state index in [4.69, 9.17) is 5.73 Å². The number of aliphatic hydroxyl groups is 1. The molecule has 0 aliphatic heterocycles. The van der Waals surface area contributed by atoms with E-state index in [2.05, 4.69) is 30.9 Å². The van der Waals surface area contributed by atoms with E-state index in [-0.39, 0.29) is 12.8 Å². The van der Waals surface area contributed by atoms with Gasteiger partial charge in [0.05, 0.1) is 19.0 Å². The van der Waals surface area contributed by atoms with Crippen molar-refractivity contribution in [1.82, 2.24) is 30.9 Å². The number of aliphatic carboxylic acids is 1. The average Bonchev–Trinajstić information content (AvgIpc) is 3.51. The highest BCUT2D eigenvalue weighted by molar-refractivity contribution is 5.93. The summed E-state index contributed by atoms with van der Waals surface area (Å²) in [5.74, 6) is -3.39. The minimum atomic E-state index is -1.26. The zero-order valence-electron chi connectivity index (χ0n) is 19.5. The molecule has 13 heteroatoms. The first kappa shape index (κ1) is 26.4. The molecule has 0 fully saturated rings. The third-order valence-corrected chi connectivity index (χ3v) is 5.59. The second-order valence-electron chi connectivity index (χ2n) is 8.35. The predicted octanol–water partition coefficient (Wildman–Crippen LogP) is -1.45. The Bertz CT molecular complexity index is 1210. The van der Waals surface area contributed by atoms with Gasteiger partial charge in [-0.3, -0.25) is 14.4 Å². The van der Waals surface area contributed by atoms with Crippen LogP contribution in [0.2, 0.25) is 0 Å². The Morgan fingerprint density at radius 1 is 1.06 bits per heavy atom. The fourth-order valence-electron chi connectivity index (χ4n) is 3.57. The van der Waals surface area contributed by atoms with Gasteiger partial charge in [-0.25, -0.2) is 9.78 Å². The van der Waals surface area contributed by atoms with Crippen molar-refractivity contribution in [3.05, 3.63) is 54.2 Å². The van der Waals surface area contributed by atoms with Crippen LogP contribution >= 0.6 is 0 Å². The molecule has 1 aromatic carbocycles. The second-order valence-corrected chi connectivity index (χ2v) is 8.35. The molecule has 3 rings (SSSR count). The Kier molecular flexibility index (Phi) is 8.76. The Morgan fingerprint density at radius 2 is 1.81 bits per heavy atom. The van der Waals surface area contributed by atoms with E-state index in [1.807, 2.05) is 24.3 Å². The highest BCUT2D eigenvalue weighted by Crippen LogP contribution is 2.19. The summed E-state index contributed by atoms with van der Waals surface area (Å²) in [5.41, 5.74) is 7.81. The summed E-state index contributed by atoms with van der Waals surface area (Å²) >= 11 is 0. The number of nitrogens with zero attached hydrogens (tertiary/aromatic N) is 1. The molecule has 0 aliphatic carbocycles. The van der Waals surface area contributed by atoms with Crippen LogP contribution in [0.1, 0.15) is 18.2 Å². The van der Waals surface area contributed by atoms with E-state index in [0.29, 0.717) is 5.69 Å². The number of carboxylic acids is 1. The number of nitrogens with two attached hydrogens (primary N) is 1. The molecule has 3 aromatic rings. The number of H-pyrrole nitrogens is 2. The highest BCUT2D eigenvalue weighted by Gasteiger charge is 2.28. The summed E-state index contributed by atoms with van der Waals surface area (Å²) in [7, 11) is 0. The number of carbonyl (C=O) groups is 4. The zero-order chi connectivity index (χ0) is 26.2. The lowest BCUT2D eigenvalue weighted by Crippen LogP contribution is -2.56. The van der Waals surface area contributed by atoms with Gasteiger partial charge in [-0.1, -0.05) is 18.2 Å². The van der Waals surface area contributed by atoms with Gasteiger partial charge in [0.1, 0.15) is 18.1 Å². The normalized spacial score (nSPS) is 14.4. The molecule has 192 valence electrons. The molecule has 9 N–H and O–H groups in total. The summed E-state index contributed by atoms with van der Waals surface area (Å²) in [5, 5.41) is 27.2. The van der Waals surface area contributed by atoms with Crippen LogP contribution in [0.25, 0.3) is 10.9 Å². The van der Waals surface area contributed by atoms with Gasteiger partial charge >= 0.3 is 5.97 Å². The highest BCUT2D eigenvalue weighted by atomic mass is 16.4.